The summed E-state index contributed by atoms with van der Waals surface area (Å²) in [6.45, 7) is 0. The Hall–Kier alpha value is -1.35. The van der Waals surface area contributed by atoms with Crippen LogP contribution in [0.5, 0.6) is 0 Å². The second-order valence-corrected chi connectivity index (χ2v) is 7.94. The van der Waals surface area contributed by atoms with Gasteiger partial charge < -0.3 is 10.0 Å². The number of amides is 1. The fourth-order valence-electron chi connectivity index (χ4n) is 6.95. The summed E-state index contributed by atoms with van der Waals surface area (Å²) in [6.07, 6.45) is 4.99. The van der Waals surface area contributed by atoms with E-state index >= 15 is 0 Å². The molecule has 3 aliphatic carbocycles. The van der Waals surface area contributed by atoms with Gasteiger partial charge in [0.15, 0.2) is 5.72 Å². The molecular weight excluding hydrogens is 262 g/mol. The molecule has 6 rings (SSSR count). The molecule has 1 aromatic carbocycles. The molecule has 5 bridgehead atoms. The van der Waals surface area contributed by atoms with E-state index < -0.39 is 5.72 Å². The van der Waals surface area contributed by atoms with Crippen molar-refractivity contribution < 1.29 is 9.90 Å². The lowest BCUT2D eigenvalue weighted by atomic mass is 9.61. The van der Waals surface area contributed by atoms with Gasteiger partial charge in [0.25, 0.3) is 5.91 Å². The van der Waals surface area contributed by atoms with Gasteiger partial charge in [0.2, 0.25) is 0 Å². The lowest BCUT2D eigenvalue weighted by Crippen LogP contribution is -2.45. The van der Waals surface area contributed by atoms with E-state index in [1.807, 2.05) is 29.2 Å². The zero-order valence-corrected chi connectivity index (χ0v) is 11.9. The fourth-order valence-corrected chi connectivity index (χ4v) is 6.95. The number of hydrogen-bond donors (Lipinski definition) is 1. The van der Waals surface area contributed by atoms with Crippen molar-refractivity contribution in [3.05, 3.63) is 35.4 Å². The number of carbonyl (C=O) groups is 1. The van der Waals surface area contributed by atoms with E-state index in [0.29, 0.717) is 11.8 Å². The molecule has 1 amide bonds. The van der Waals surface area contributed by atoms with E-state index in [1.54, 1.807) is 0 Å². The summed E-state index contributed by atoms with van der Waals surface area (Å²) in [7, 11) is 0. The van der Waals surface area contributed by atoms with Crippen LogP contribution in [-0.4, -0.2) is 22.0 Å². The Bertz CT molecular complexity index is 686. The zero-order valence-electron chi connectivity index (χ0n) is 11.9. The normalized spacial score (nSPS) is 51.5. The van der Waals surface area contributed by atoms with Crippen molar-refractivity contribution in [3.8, 4) is 0 Å². The predicted molar refractivity (Wildman–Crippen MR) is 76.2 cm³/mol. The Morgan fingerprint density at radius 2 is 1.90 bits per heavy atom. The van der Waals surface area contributed by atoms with Crippen LogP contribution < -0.4 is 0 Å². The maximum atomic E-state index is 12.9. The highest BCUT2D eigenvalue weighted by Crippen LogP contribution is 2.69. The van der Waals surface area contributed by atoms with Crippen LogP contribution in [0.3, 0.4) is 0 Å². The van der Waals surface area contributed by atoms with E-state index in [-0.39, 0.29) is 17.9 Å². The molecule has 3 nitrogen and oxygen atoms in total. The summed E-state index contributed by atoms with van der Waals surface area (Å²) in [5.41, 5.74) is 0.623. The Balaban J connectivity index is 1.63. The molecule has 0 aromatic heterocycles. The van der Waals surface area contributed by atoms with E-state index in [9.17, 15) is 9.90 Å². The minimum absolute atomic E-state index is 0.0744. The molecule has 3 saturated carbocycles. The van der Waals surface area contributed by atoms with Gasteiger partial charge in [-0.3, -0.25) is 4.79 Å². The van der Waals surface area contributed by atoms with Crippen molar-refractivity contribution in [2.45, 2.75) is 37.5 Å². The molecule has 2 aliphatic heterocycles. The Labute approximate surface area is 123 Å². The Morgan fingerprint density at radius 3 is 2.81 bits per heavy atom. The van der Waals surface area contributed by atoms with E-state index in [0.717, 1.165) is 29.4 Å². The lowest BCUT2D eigenvalue weighted by molar-refractivity contribution is -0.114. The van der Waals surface area contributed by atoms with Crippen LogP contribution >= 0.6 is 0 Å². The monoisotopic (exact) mass is 281 g/mol. The van der Waals surface area contributed by atoms with Crippen LogP contribution in [0.4, 0.5) is 0 Å². The first kappa shape index (κ1) is 11.2. The third kappa shape index (κ3) is 1.01. The minimum Gasteiger partial charge on any atom is -0.366 e. The largest absolute Gasteiger partial charge is 0.366 e. The Kier molecular flexibility index (Phi) is 1.71. The van der Waals surface area contributed by atoms with Gasteiger partial charge in [-0.15, -0.1) is 0 Å². The first-order chi connectivity index (χ1) is 10.2. The molecule has 1 aromatic rings. The molecule has 21 heavy (non-hydrogen) atoms. The summed E-state index contributed by atoms with van der Waals surface area (Å²) >= 11 is 0. The molecule has 5 aliphatic rings. The van der Waals surface area contributed by atoms with Gasteiger partial charge >= 0.3 is 0 Å². The van der Waals surface area contributed by atoms with Crippen LogP contribution in [-0.2, 0) is 5.72 Å². The molecule has 0 spiro atoms. The minimum atomic E-state index is -1.00. The molecule has 108 valence electrons. The van der Waals surface area contributed by atoms with Crippen LogP contribution in [0.15, 0.2) is 24.3 Å². The zero-order chi connectivity index (χ0) is 13.9. The van der Waals surface area contributed by atoms with Gasteiger partial charge in [-0.2, -0.15) is 0 Å². The van der Waals surface area contributed by atoms with Crippen LogP contribution in [0, 0.1) is 29.6 Å². The fraction of sp³-hybridized carbons (Fsp3) is 0.611. The molecule has 7 atom stereocenters. The van der Waals surface area contributed by atoms with Crippen molar-refractivity contribution in [2.75, 3.05) is 0 Å². The van der Waals surface area contributed by atoms with Crippen molar-refractivity contribution in [3.63, 3.8) is 0 Å². The summed E-state index contributed by atoms with van der Waals surface area (Å²) < 4.78 is 0. The molecular formula is C18H19NO2. The van der Waals surface area contributed by atoms with Gasteiger partial charge in [-0.25, -0.2) is 0 Å². The predicted octanol–water partition coefficient (Wildman–Crippen LogP) is 2.35. The molecule has 1 N–H and O–H groups in total. The number of hydrogen-bond acceptors (Lipinski definition) is 2. The van der Waals surface area contributed by atoms with Crippen molar-refractivity contribution >= 4 is 5.91 Å². The number of aliphatic hydroxyl groups is 1. The van der Waals surface area contributed by atoms with E-state index in [4.69, 9.17) is 0 Å². The molecule has 2 heterocycles. The second kappa shape index (κ2) is 3.19. The SMILES string of the molecule is O=C1c2ccccc2[C@]2(O)C3C4CC5CC4CC(C3C5)N12. The van der Waals surface area contributed by atoms with Gasteiger partial charge in [-0.05, 0) is 55.4 Å². The van der Waals surface area contributed by atoms with Gasteiger partial charge in [-0.1, -0.05) is 18.2 Å². The third-order valence-electron chi connectivity index (χ3n) is 7.35. The molecule has 3 heteroatoms. The maximum absolute atomic E-state index is 12.9. The molecule has 4 fully saturated rings. The van der Waals surface area contributed by atoms with E-state index in [1.165, 1.54) is 19.3 Å². The quantitative estimate of drug-likeness (QED) is 0.793. The number of fused-ring (bicyclic) bond motifs is 5. The van der Waals surface area contributed by atoms with Crippen molar-refractivity contribution in [1.82, 2.24) is 4.90 Å². The van der Waals surface area contributed by atoms with Crippen molar-refractivity contribution in [2.24, 2.45) is 29.6 Å². The van der Waals surface area contributed by atoms with Gasteiger partial charge in [0, 0.05) is 23.1 Å². The number of carbonyl (C=O) groups excluding carboxylic acids is 1. The van der Waals surface area contributed by atoms with Gasteiger partial charge in [0.05, 0.1) is 0 Å². The number of nitrogens with zero attached hydrogens (tertiary/aromatic N) is 1. The summed E-state index contributed by atoms with van der Waals surface area (Å²) in [5, 5.41) is 11.7. The third-order valence-corrected chi connectivity index (χ3v) is 7.35. The number of benzene rings is 1. The van der Waals surface area contributed by atoms with Crippen LogP contribution in [0.1, 0.15) is 41.6 Å². The van der Waals surface area contributed by atoms with Crippen LogP contribution in [0.25, 0.3) is 0 Å². The molecule has 6 unspecified atom stereocenters. The average Bonchev–Trinajstić information content (AvgIpc) is 2.93. The summed E-state index contributed by atoms with van der Waals surface area (Å²) in [4.78, 5) is 14.8. The average molecular weight is 281 g/mol. The second-order valence-electron chi connectivity index (χ2n) is 7.94. The highest BCUT2D eigenvalue weighted by molar-refractivity contribution is 6.00. The maximum Gasteiger partial charge on any atom is 0.257 e. The van der Waals surface area contributed by atoms with Crippen LogP contribution in [0.2, 0.25) is 0 Å². The first-order valence-electron chi connectivity index (χ1n) is 8.35. The van der Waals surface area contributed by atoms with Gasteiger partial charge in [0.1, 0.15) is 0 Å². The highest BCUT2D eigenvalue weighted by Gasteiger charge is 2.72. The summed E-state index contributed by atoms with van der Waals surface area (Å²) in [5.74, 6) is 3.14. The summed E-state index contributed by atoms with van der Waals surface area (Å²) in [6, 6.07) is 8.03. The topological polar surface area (TPSA) is 40.5 Å². The van der Waals surface area contributed by atoms with Crippen molar-refractivity contribution in [1.29, 1.82) is 0 Å². The highest BCUT2D eigenvalue weighted by atomic mass is 16.3. The number of rotatable bonds is 0. The smallest absolute Gasteiger partial charge is 0.257 e. The Morgan fingerprint density at radius 1 is 1.10 bits per heavy atom. The lowest BCUT2D eigenvalue weighted by Gasteiger charge is -2.42. The standard InChI is InChI=1S/C18H19NO2/c20-17-11-3-1-2-4-14(11)18(21)16-12-6-9-5-10(12)8-15(19(17)18)13(16)7-9/h1-4,9-10,12-13,15-16,21H,5-8H2/t9?,10?,12?,13?,15?,16?,18-/m0/s1. The molecule has 0 radical (unpaired) electrons. The molecule has 1 saturated heterocycles. The first-order valence-corrected chi connectivity index (χ1v) is 8.35. The van der Waals surface area contributed by atoms with E-state index in [2.05, 4.69) is 0 Å².